The second kappa shape index (κ2) is 7.86. The van der Waals surface area contributed by atoms with E-state index in [0.29, 0.717) is 17.2 Å². The number of methoxy groups -OCH3 is 2. The van der Waals surface area contributed by atoms with Gasteiger partial charge in [-0.25, -0.2) is 8.42 Å². The summed E-state index contributed by atoms with van der Waals surface area (Å²) >= 11 is 0. The Morgan fingerprint density at radius 3 is 2.31 bits per heavy atom. The molecule has 140 valence electrons. The third-order valence-electron chi connectivity index (χ3n) is 4.51. The van der Waals surface area contributed by atoms with E-state index < -0.39 is 10.0 Å². The summed E-state index contributed by atoms with van der Waals surface area (Å²) < 4.78 is 38.9. The lowest BCUT2D eigenvalue weighted by Gasteiger charge is -2.30. The Kier molecular flexibility index (Phi) is 5.56. The van der Waals surface area contributed by atoms with E-state index in [-0.39, 0.29) is 4.90 Å². The van der Waals surface area contributed by atoms with Gasteiger partial charge in [0.05, 0.1) is 30.5 Å². The molecule has 26 heavy (non-hydrogen) atoms. The van der Waals surface area contributed by atoms with Crippen LogP contribution in [0.5, 0.6) is 11.5 Å². The summed E-state index contributed by atoms with van der Waals surface area (Å²) in [5, 5.41) is 0. The molecular formula is C19H24N2O4S. The molecule has 0 amide bonds. The number of anilines is 2. The summed E-state index contributed by atoms with van der Waals surface area (Å²) in [6.07, 6.45) is 3.46. The third-order valence-corrected chi connectivity index (χ3v) is 5.87. The van der Waals surface area contributed by atoms with Gasteiger partial charge in [-0.15, -0.1) is 0 Å². The van der Waals surface area contributed by atoms with Crippen molar-refractivity contribution in [2.75, 3.05) is 36.9 Å². The predicted molar refractivity (Wildman–Crippen MR) is 103 cm³/mol. The third kappa shape index (κ3) is 3.88. The topological polar surface area (TPSA) is 67.9 Å². The molecule has 0 atom stereocenters. The smallest absolute Gasteiger partial charge is 0.262 e. The Labute approximate surface area is 154 Å². The SMILES string of the molecule is COc1ccc(S(=O)(=O)Nc2ccccc2N2CCCCC2)cc1OC. The van der Waals surface area contributed by atoms with E-state index in [9.17, 15) is 8.42 Å². The van der Waals surface area contributed by atoms with Gasteiger partial charge < -0.3 is 14.4 Å². The van der Waals surface area contributed by atoms with E-state index in [4.69, 9.17) is 9.47 Å². The minimum absolute atomic E-state index is 0.128. The molecule has 0 aromatic heterocycles. The Morgan fingerprint density at radius 1 is 0.923 bits per heavy atom. The largest absolute Gasteiger partial charge is 0.493 e. The van der Waals surface area contributed by atoms with E-state index in [1.54, 1.807) is 12.1 Å². The van der Waals surface area contributed by atoms with E-state index in [0.717, 1.165) is 31.6 Å². The van der Waals surface area contributed by atoms with Gasteiger partial charge in [0.25, 0.3) is 10.0 Å². The van der Waals surface area contributed by atoms with Crippen LogP contribution in [0.3, 0.4) is 0 Å². The predicted octanol–water partition coefficient (Wildman–Crippen LogP) is 3.49. The van der Waals surface area contributed by atoms with Crippen LogP contribution in [0, 0.1) is 0 Å². The van der Waals surface area contributed by atoms with Gasteiger partial charge in [0.15, 0.2) is 11.5 Å². The van der Waals surface area contributed by atoms with Crippen LogP contribution in [0.2, 0.25) is 0 Å². The fourth-order valence-electron chi connectivity index (χ4n) is 3.16. The number of hydrogen-bond acceptors (Lipinski definition) is 5. The van der Waals surface area contributed by atoms with Crippen molar-refractivity contribution in [2.24, 2.45) is 0 Å². The number of nitrogens with zero attached hydrogens (tertiary/aromatic N) is 1. The summed E-state index contributed by atoms with van der Waals surface area (Å²) in [4.78, 5) is 2.36. The molecule has 1 heterocycles. The maximum absolute atomic E-state index is 12.9. The Hall–Kier alpha value is -2.41. The maximum atomic E-state index is 12.9. The first-order valence-electron chi connectivity index (χ1n) is 8.64. The Balaban J connectivity index is 1.91. The lowest BCUT2D eigenvalue weighted by molar-refractivity contribution is 0.354. The van der Waals surface area contributed by atoms with Crippen molar-refractivity contribution in [2.45, 2.75) is 24.2 Å². The number of hydrogen-bond donors (Lipinski definition) is 1. The van der Waals surface area contributed by atoms with Crippen LogP contribution < -0.4 is 19.1 Å². The van der Waals surface area contributed by atoms with Gasteiger partial charge in [0.1, 0.15) is 0 Å². The van der Waals surface area contributed by atoms with E-state index in [1.807, 2.05) is 18.2 Å². The van der Waals surface area contributed by atoms with Gasteiger partial charge in [-0.1, -0.05) is 12.1 Å². The van der Waals surface area contributed by atoms with Crippen LogP contribution in [0.25, 0.3) is 0 Å². The fraction of sp³-hybridized carbons (Fsp3) is 0.368. The van der Waals surface area contributed by atoms with Gasteiger partial charge in [-0.2, -0.15) is 0 Å². The van der Waals surface area contributed by atoms with Gasteiger partial charge >= 0.3 is 0 Å². The maximum Gasteiger partial charge on any atom is 0.262 e. The number of nitrogens with one attached hydrogen (secondary N) is 1. The van der Waals surface area contributed by atoms with Crippen molar-refractivity contribution in [1.82, 2.24) is 0 Å². The summed E-state index contributed by atoms with van der Waals surface area (Å²) in [5.41, 5.74) is 1.50. The summed E-state index contributed by atoms with van der Waals surface area (Å²) in [6, 6.07) is 12.1. The monoisotopic (exact) mass is 376 g/mol. The average molecular weight is 376 g/mol. The number of para-hydroxylation sites is 2. The van der Waals surface area contributed by atoms with Crippen molar-refractivity contribution in [3.8, 4) is 11.5 Å². The molecule has 0 saturated carbocycles. The molecule has 1 N–H and O–H groups in total. The molecule has 0 aliphatic carbocycles. The van der Waals surface area contributed by atoms with Crippen molar-refractivity contribution >= 4 is 21.4 Å². The average Bonchev–Trinajstić information content (AvgIpc) is 2.68. The highest BCUT2D eigenvalue weighted by atomic mass is 32.2. The van der Waals surface area contributed by atoms with Crippen molar-refractivity contribution in [1.29, 1.82) is 0 Å². The van der Waals surface area contributed by atoms with E-state index in [1.165, 1.54) is 32.8 Å². The van der Waals surface area contributed by atoms with Crippen molar-refractivity contribution in [3.05, 3.63) is 42.5 Å². The first-order valence-corrected chi connectivity index (χ1v) is 10.1. The summed E-state index contributed by atoms with van der Waals surface area (Å²) in [7, 11) is -0.752. The molecule has 6 nitrogen and oxygen atoms in total. The van der Waals surface area contributed by atoms with Gasteiger partial charge in [-0.3, -0.25) is 4.72 Å². The molecule has 3 rings (SSSR count). The fourth-order valence-corrected chi connectivity index (χ4v) is 4.25. The second-order valence-electron chi connectivity index (χ2n) is 6.19. The molecule has 1 aliphatic rings. The highest BCUT2D eigenvalue weighted by molar-refractivity contribution is 7.92. The number of rotatable bonds is 6. The lowest BCUT2D eigenvalue weighted by atomic mass is 10.1. The number of piperidine rings is 1. The van der Waals surface area contributed by atoms with Gasteiger partial charge in [-0.05, 0) is 43.5 Å². The molecule has 0 radical (unpaired) electrons. The second-order valence-corrected chi connectivity index (χ2v) is 7.87. The van der Waals surface area contributed by atoms with Crippen LogP contribution >= 0.6 is 0 Å². The van der Waals surface area contributed by atoms with Crippen LogP contribution in [0.15, 0.2) is 47.4 Å². The van der Waals surface area contributed by atoms with E-state index in [2.05, 4.69) is 9.62 Å². The molecule has 1 aliphatic heterocycles. The first kappa shape index (κ1) is 18.4. The minimum atomic E-state index is -3.74. The van der Waals surface area contributed by atoms with Crippen molar-refractivity contribution in [3.63, 3.8) is 0 Å². The Morgan fingerprint density at radius 2 is 1.62 bits per heavy atom. The highest BCUT2D eigenvalue weighted by Crippen LogP contribution is 2.33. The zero-order chi connectivity index (χ0) is 18.6. The molecular weight excluding hydrogens is 352 g/mol. The molecule has 2 aromatic carbocycles. The molecule has 1 fully saturated rings. The van der Waals surface area contributed by atoms with Crippen LogP contribution in [0.4, 0.5) is 11.4 Å². The molecule has 0 spiro atoms. The van der Waals surface area contributed by atoms with Crippen molar-refractivity contribution < 1.29 is 17.9 Å². The molecule has 2 aromatic rings. The quantitative estimate of drug-likeness (QED) is 0.836. The zero-order valence-corrected chi connectivity index (χ0v) is 15.9. The number of benzene rings is 2. The van der Waals surface area contributed by atoms with Crippen LogP contribution in [-0.2, 0) is 10.0 Å². The number of sulfonamides is 1. The lowest BCUT2D eigenvalue weighted by Crippen LogP contribution is -2.30. The first-order chi connectivity index (χ1) is 12.5. The highest BCUT2D eigenvalue weighted by Gasteiger charge is 2.21. The van der Waals surface area contributed by atoms with Gasteiger partial charge in [0.2, 0.25) is 0 Å². The number of ether oxygens (including phenoxy) is 2. The van der Waals surface area contributed by atoms with Crippen LogP contribution in [0.1, 0.15) is 19.3 Å². The zero-order valence-electron chi connectivity index (χ0n) is 15.1. The van der Waals surface area contributed by atoms with Crippen LogP contribution in [-0.4, -0.2) is 35.7 Å². The summed E-state index contributed by atoms with van der Waals surface area (Å²) in [5.74, 6) is 0.861. The standard InChI is InChI=1S/C19H24N2O4S/c1-24-18-11-10-15(14-19(18)25-2)26(22,23)20-16-8-4-5-9-17(16)21-12-6-3-7-13-21/h4-5,8-11,14,20H,3,6-7,12-13H2,1-2H3. The van der Waals surface area contributed by atoms with E-state index >= 15 is 0 Å². The van der Waals surface area contributed by atoms with Gasteiger partial charge in [0, 0.05) is 19.2 Å². The minimum Gasteiger partial charge on any atom is -0.493 e. The normalized spacial score (nSPS) is 14.8. The Bertz CT molecular complexity index is 862. The molecule has 0 unspecified atom stereocenters. The molecule has 0 bridgehead atoms. The molecule has 7 heteroatoms. The summed E-state index contributed by atoms with van der Waals surface area (Å²) in [6.45, 7) is 1.88. The molecule has 1 saturated heterocycles.